The molecular weight excluding hydrogens is 414 g/mol. The topological polar surface area (TPSA) is 127 Å². The Bertz CT molecular complexity index is 371. The first-order chi connectivity index (χ1) is 12.1. The molecule has 0 aromatic carbocycles. The van der Waals surface area contributed by atoms with Crippen molar-refractivity contribution in [2.75, 3.05) is 79.0 Å². The van der Waals surface area contributed by atoms with E-state index in [0.29, 0.717) is 52.7 Å². The van der Waals surface area contributed by atoms with Crippen LogP contribution in [0.4, 0.5) is 0 Å². The second-order valence-corrected chi connectivity index (χ2v) is 5.31. The van der Waals surface area contributed by atoms with E-state index < -0.39 is 18.0 Å². The average molecular weight is 445 g/mol. The minimum atomic E-state index is -1.63. The monoisotopic (exact) mass is 444 g/mol. The van der Waals surface area contributed by atoms with Gasteiger partial charge < -0.3 is 37.3 Å². The van der Waals surface area contributed by atoms with Crippen LogP contribution in [-0.4, -0.2) is 112 Å². The third kappa shape index (κ3) is 16.3. The molecule has 1 aliphatic rings. The van der Waals surface area contributed by atoms with Gasteiger partial charge in [-0.3, -0.25) is 4.90 Å². The van der Waals surface area contributed by atoms with Gasteiger partial charge in [0.2, 0.25) is 6.04 Å². The zero-order valence-electron chi connectivity index (χ0n) is 18.4. The van der Waals surface area contributed by atoms with Crippen LogP contribution in [0.25, 0.3) is 0 Å². The van der Waals surface area contributed by atoms with E-state index in [2.05, 4.69) is 5.32 Å². The van der Waals surface area contributed by atoms with Crippen molar-refractivity contribution >= 4 is 11.9 Å². The molecule has 1 heterocycles. The number of carboxylic acids is 2. The summed E-state index contributed by atoms with van der Waals surface area (Å²) in [5.41, 5.74) is 0. The zero-order chi connectivity index (χ0) is 18.3. The molecule has 0 aromatic heterocycles. The van der Waals surface area contributed by atoms with Crippen LogP contribution < -0.4 is 108 Å². The van der Waals surface area contributed by atoms with Gasteiger partial charge in [0.1, 0.15) is 0 Å². The normalized spacial score (nSPS) is 19.7. The Labute approximate surface area is 247 Å². The van der Waals surface area contributed by atoms with Crippen molar-refractivity contribution in [3.63, 3.8) is 0 Å². The maximum absolute atomic E-state index is 11.2. The van der Waals surface area contributed by atoms with Gasteiger partial charge >= 0.3 is 115 Å². The average Bonchev–Trinajstić information content (AvgIpc) is 2.55. The van der Waals surface area contributed by atoms with Crippen LogP contribution in [0.1, 0.15) is 2.85 Å². The molecule has 1 aliphatic heterocycles. The number of nitrogens with zero attached hydrogens (tertiary/aromatic N) is 1. The van der Waals surface area contributed by atoms with Crippen LogP contribution in [0.5, 0.6) is 0 Å². The predicted molar refractivity (Wildman–Crippen MR) is 89.0 cm³/mol. The first-order valence-electron chi connectivity index (χ1n) is 8.34. The van der Waals surface area contributed by atoms with Crippen LogP contribution in [0, 0.1) is 0 Å². The molecule has 0 aliphatic carbocycles. The summed E-state index contributed by atoms with van der Waals surface area (Å²) in [7, 11) is 0. The molecule has 0 radical (unpaired) electrons. The van der Waals surface area contributed by atoms with Gasteiger partial charge in [-0.1, -0.05) is 0 Å². The second kappa shape index (κ2) is 21.2. The van der Waals surface area contributed by atoms with Gasteiger partial charge in [-0.15, -0.1) is 0 Å². The number of aliphatic carboxylic acids is 2. The summed E-state index contributed by atoms with van der Waals surface area (Å²) in [5.74, 6) is -2.82. The van der Waals surface area contributed by atoms with Crippen molar-refractivity contribution in [2.24, 2.45) is 0 Å². The van der Waals surface area contributed by atoms with E-state index in [9.17, 15) is 9.59 Å². The molecule has 150 valence electrons. The summed E-state index contributed by atoms with van der Waals surface area (Å²) in [6.45, 7) is 4.86. The Morgan fingerprint density at radius 1 is 0.741 bits per heavy atom. The smallest absolute Gasteiger partial charge is 1.00 e. The maximum atomic E-state index is 11.2. The molecule has 27 heavy (non-hydrogen) atoms. The fourth-order valence-electron chi connectivity index (χ4n) is 2.21. The number of hydrogen-bond acceptors (Lipinski definition) is 8. The van der Waals surface area contributed by atoms with Crippen LogP contribution in [0.15, 0.2) is 0 Å². The Morgan fingerprint density at radius 3 is 1.48 bits per heavy atom. The first kappa shape index (κ1) is 31.2. The maximum Gasteiger partial charge on any atom is 1.00 e. The Hall–Kier alpha value is 1.97. The number of carboxylic acid groups (broad SMARTS) is 2. The van der Waals surface area contributed by atoms with Gasteiger partial charge in [-0.2, -0.15) is 0 Å². The molecule has 1 rings (SSSR count). The van der Waals surface area contributed by atoms with Gasteiger partial charge in [-0.05, 0) is 0 Å². The molecule has 0 unspecified atom stereocenters. The van der Waals surface area contributed by atoms with E-state index in [4.69, 9.17) is 29.2 Å². The van der Waals surface area contributed by atoms with Crippen molar-refractivity contribution in [3.8, 4) is 0 Å². The zero-order valence-corrected chi connectivity index (χ0v) is 22.6. The molecule has 0 bridgehead atoms. The summed E-state index contributed by atoms with van der Waals surface area (Å²) in [4.78, 5) is 23.8. The summed E-state index contributed by atoms with van der Waals surface area (Å²) in [5, 5.41) is 21.5. The number of carbonyl (C=O) groups is 2. The van der Waals surface area contributed by atoms with E-state index in [-0.39, 0.29) is 132 Å². The van der Waals surface area contributed by atoms with Crippen LogP contribution in [-0.2, 0) is 28.5 Å². The van der Waals surface area contributed by atoms with Crippen molar-refractivity contribution in [1.82, 2.24) is 10.2 Å². The van der Waals surface area contributed by atoms with E-state index in [1.54, 1.807) is 0 Å². The summed E-state index contributed by atoms with van der Waals surface area (Å²) in [6, 6.07) is -1.63. The van der Waals surface area contributed by atoms with Crippen molar-refractivity contribution < 1.29 is 144 Å². The standard InChI is InChI=1S/C15H28N2O8.2K.2H/c18-14(19)13(15(20)21)17-3-7-24-11-9-22-5-1-16-2-6-23-10-12-25-8-4-17;;;;/h13,16H,1-12H2,(H,18,19)(H,20,21);;;;/q;2*+1;2*-1. The number of ether oxygens (including phenoxy) is 4. The molecule has 0 aromatic rings. The molecule has 10 nitrogen and oxygen atoms in total. The predicted octanol–water partition coefficient (Wildman–Crippen LogP) is -7.27. The second-order valence-electron chi connectivity index (χ2n) is 5.31. The van der Waals surface area contributed by atoms with E-state index in [1.807, 2.05) is 0 Å². The Kier molecular flexibility index (Phi) is 24.5. The van der Waals surface area contributed by atoms with Gasteiger partial charge in [0, 0.05) is 26.2 Å². The first-order valence-corrected chi connectivity index (χ1v) is 8.34. The summed E-state index contributed by atoms with van der Waals surface area (Å²) in [6.07, 6.45) is 0. The third-order valence-electron chi connectivity index (χ3n) is 3.47. The minimum absolute atomic E-state index is 0. The summed E-state index contributed by atoms with van der Waals surface area (Å²) < 4.78 is 21.5. The van der Waals surface area contributed by atoms with Gasteiger partial charge in [0.05, 0.1) is 52.9 Å². The molecule has 0 spiro atoms. The van der Waals surface area contributed by atoms with Crippen molar-refractivity contribution in [2.45, 2.75) is 6.04 Å². The molecule has 1 fully saturated rings. The molecule has 1 saturated heterocycles. The van der Waals surface area contributed by atoms with Crippen LogP contribution in [0.3, 0.4) is 0 Å². The molecule has 0 saturated carbocycles. The third-order valence-corrected chi connectivity index (χ3v) is 3.47. The van der Waals surface area contributed by atoms with E-state index >= 15 is 0 Å². The number of nitrogens with one attached hydrogen (secondary N) is 1. The van der Waals surface area contributed by atoms with Gasteiger partial charge in [-0.25, -0.2) is 9.59 Å². The fraction of sp³-hybridized carbons (Fsp3) is 0.867. The SMILES string of the molecule is O=C(O)C(C(=O)O)N1CCOCCOCCNCCOCCOCC1.[H-].[H-].[K+].[K+]. The molecule has 3 N–H and O–H groups in total. The quantitative estimate of drug-likeness (QED) is 0.285. The fourth-order valence-corrected chi connectivity index (χ4v) is 2.21. The van der Waals surface area contributed by atoms with Gasteiger partial charge in [0.15, 0.2) is 0 Å². The minimum Gasteiger partial charge on any atom is -1.00 e. The van der Waals surface area contributed by atoms with E-state index in [1.165, 1.54) is 4.90 Å². The Balaban J connectivity index is -0.000000781. The van der Waals surface area contributed by atoms with Crippen LogP contribution >= 0.6 is 0 Å². The number of hydrogen-bond donors (Lipinski definition) is 3. The molecule has 12 heteroatoms. The van der Waals surface area contributed by atoms with Gasteiger partial charge in [0.25, 0.3) is 0 Å². The van der Waals surface area contributed by atoms with E-state index in [0.717, 1.165) is 0 Å². The largest absolute Gasteiger partial charge is 1.00 e. The molecule has 0 amide bonds. The van der Waals surface area contributed by atoms with Crippen LogP contribution in [0.2, 0.25) is 0 Å². The van der Waals surface area contributed by atoms with Crippen molar-refractivity contribution in [1.29, 1.82) is 0 Å². The van der Waals surface area contributed by atoms with Crippen molar-refractivity contribution in [3.05, 3.63) is 0 Å². The number of rotatable bonds is 3. The molecular formula is C15H30K2N2O8. The summed E-state index contributed by atoms with van der Waals surface area (Å²) >= 11 is 0. The Morgan fingerprint density at radius 2 is 1.11 bits per heavy atom. The molecule has 0 atom stereocenters.